The molecule has 5 nitrogen and oxygen atoms in total. The highest BCUT2D eigenvalue weighted by atomic mass is 16.5. The first-order valence-corrected chi connectivity index (χ1v) is 7.37. The Morgan fingerprint density at radius 2 is 2.05 bits per heavy atom. The molecule has 1 N–H and O–H groups in total. The van der Waals surface area contributed by atoms with Gasteiger partial charge in [-0.1, -0.05) is 25.8 Å². The molecule has 0 aliphatic heterocycles. The summed E-state index contributed by atoms with van der Waals surface area (Å²) in [6, 6.07) is 6.78. The summed E-state index contributed by atoms with van der Waals surface area (Å²) < 4.78 is 11.2. The Labute approximate surface area is 130 Å². The van der Waals surface area contributed by atoms with Crippen LogP contribution in [0.4, 0.5) is 0 Å². The van der Waals surface area contributed by atoms with Crippen molar-refractivity contribution in [1.82, 2.24) is 0 Å². The van der Waals surface area contributed by atoms with Crippen molar-refractivity contribution in [2.45, 2.75) is 33.1 Å². The second-order valence-corrected chi connectivity index (χ2v) is 4.67. The number of carboxylic acid groups (broad SMARTS) is 1. The quantitative estimate of drug-likeness (QED) is 0.428. The fourth-order valence-corrected chi connectivity index (χ4v) is 1.84. The molecule has 0 saturated carbocycles. The van der Waals surface area contributed by atoms with Gasteiger partial charge in [-0.3, -0.25) is 0 Å². The van der Waals surface area contributed by atoms with Crippen LogP contribution in [0.3, 0.4) is 0 Å². The summed E-state index contributed by atoms with van der Waals surface area (Å²) in [6.45, 7) is 5.08. The molecule has 0 aliphatic rings. The van der Waals surface area contributed by atoms with Crippen molar-refractivity contribution in [2.75, 3.05) is 13.2 Å². The SMILES string of the molecule is CCCCCOc1ccc(C=C(C#N)C(=O)O)cc1OCC. The molecule has 1 aromatic rings. The Morgan fingerprint density at radius 1 is 1.27 bits per heavy atom. The Hall–Kier alpha value is -2.48. The molecule has 1 rings (SSSR count). The average molecular weight is 303 g/mol. The van der Waals surface area contributed by atoms with E-state index in [-0.39, 0.29) is 5.57 Å². The molecule has 118 valence electrons. The van der Waals surface area contributed by atoms with Gasteiger partial charge in [0.05, 0.1) is 13.2 Å². The number of ether oxygens (including phenoxy) is 2. The second kappa shape index (κ2) is 9.46. The zero-order valence-electron chi connectivity index (χ0n) is 13.0. The predicted octanol–water partition coefficient (Wildman–Crippen LogP) is 3.65. The maximum absolute atomic E-state index is 10.9. The van der Waals surface area contributed by atoms with Gasteiger partial charge in [-0.25, -0.2) is 4.79 Å². The average Bonchev–Trinajstić information content (AvgIpc) is 2.50. The van der Waals surface area contributed by atoms with Crippen LogP contribution in [0.5, 0.6) is 11.5 Å². The Kier molecular flexibility index (Phi) is 7.55. The minimum Gasteiger partial charge on any atom is -0.490 e. The van der Waals surface area contributed by atoms with Crippen LogP contribution in [0.1, 0.15) is 38.7 Å². The van der Waals surface area contributed by atoms with Crippen LogP contribution >= 0.6 is 0 Å². The van der Waals surface area contributed by atoms with E-state index in [1.807, 2.05) is 6.92 Å². The van der Waals surface area contributed by atoms with Crippen molar-refractivity contribution in [2.24, 2.45) is 0 Å². The third-order valence-electron chi connectivity index (χ3n) is 2.93. The third kappa shape index (κ3) is 5.49. The van der Waals surface area contributed by atoms with Crippen LogP contribution in [0.2, 0.25) is 0 Å². The highest BCUT2D eigenvalue weighted by molar-refractivity contribution is 5.96. The normalized spacial score (nSPS) is 10.9. The Bertz CT molecular complexity index is 573. The van der Waals surface area contributed by atoms with Gasteiger partial charge in [0.2, 0.25) is 0 Å². The van der Waals surface area contributed by atoms with E-state index in [0.717, 1.165) is 19.3 Å². The Morgan fingerprint density at radius 3 is 2.64 bits per heavy atom. The maximum atomic E-state index is 10.9. The number of carboxylic acids is 1. The van der Waals surface area contributed by atoms with Crippen molar-refractivity contribution in [3.05, 3.63) is 29.3 Å². The fraction of sp³-hybridized carbons (Fsp3) is 0.412. The van der Waals surface area contributed by atoms with Gasteiger partial charge in [0.1, 0.15) is 11.6 Å². The molecule has 0 aliphatic carbocycles. The van der Waals surface area contributed by atoms with Crippen molar-refractivity contribution in [1.29, 1.82) is 5.26 Å². The minimum absolute atomic E-state index is 0.320. The number of nitrogens with zero attached hydrogens (tertiary/aromatic N) is 1. The molecular weight excluding hydrogens is 282 g/mol. The molecule has 0 fully saturated rings. The standard InChI is InChI=1S/C17H21NO4/c1-3-5-6-9-22-15-8-7-13(11-16(15)21-4-2)10-14(12-18)17(19)20/h7-8,10-11H,3-6,9H2,1-2H3,(H,19,20). The summed E-state index contributed by atoms with van der Waals surface area (Å²) in [4.78, 5) is 10.9. The van der Waals surface area contributed by atoms with Crippen LogP contribution in [0.15, 0.2) is 23.8 Å². The molecule has 0 saturated heterocycles. The van der Waals surface area contributed by atoms with Crippen LogP contribution in [-0.4, -0.2) is 24.3 Å². The first-order valence-electron chi connectivity index (χ1n) is 7.37. The molecule has 0 unspecified atom stereocenters. The van der Waals surface area contributed by atoms with Gasteiger partial charge < -0.3 is 14.6 Å². The van der Waals surface area contributed by atoms with E-state index < -0.39 is 5.97 Å². The van der Waals surface area contributed by atoms with Crippen LogP contribution in [-0.2, 0) is 4.79 Å². The van der Waals surface area contributed by atoms with E-state index in [9.17, 15) is 4.79 Å². The van der Waals surface area contributed by atoms with Crippen molar-refractivity contribution < 1.29 is 19.4 Å². The fourth-order valence-electron chi connectivity index (χ4n) is 1.84. The molecule has 0 heterocycles. The number of aliphatic carboxylic acids is 1. The lowest BCUT2D eigenvalue weighted by atomic mass is 10.1. The second-order valence-electron chi connectivity index (χ2n) is 4.67. The lowest BCUT2D eigenvalue weighted by Gasteiger charge is -2.12. The zero-order chi connectivity index (χ0) is 16.4. The maximum Gasteiger partial charge on any atom is 0.346 e. The van der Waals surface area contributed by atoms with Gasteiger partial charge in [0.25, 0.3) is 0 Å². The minimum atomic E-state index is -1.25. The van der Waals surface area contributed by atoms with E-state index in [0.29, 0.717) is 30.3 Å². The topological polar surface area (TPSA) is 79.5 Å². The van der Waals surface area contributed by atoms with Gasteiger partial charge in [0.15, 0.2) is 11.5 Å². The van der Waals surface area contributed by atoms with Gasteiger partial charge in [0, 0.05) is 0 Å². The van der Waals surface area contributed by atoms with Gasteiger partial charge >= 0.3 is 5.97 Å². The molecule has 0 spiro atoms. The molecule has 1 aromatic carbocycles. The zero-order valence-corrected chi connectivity index (χ0v) is 13.0. The monoisotopic (exact) mass is 303 g/mol. The van der Waals surface area contributed by atoms with E-state index in [2.05, 4.69) is 6.92 Å². The first-order chi connectivity index (χ1) is 10.6. The van der Waals surface area contributed by atoms with Crippen LogP contribution < -0.4 is 9.47 Å². The van der Waals surface area contributed by atoms with E-state index in [4.69, 9.17) is 19.8 Å². The molecule has 22 heavy (non-hydrogen) atoms. The summed E-state index contributed by atoms with van der Waals surface area (Å²) in [7, 11) is 0. The van der Waals surface area contributed by atoms with E-state index in [1.54, 1.807) is 24.3 Å². The molecule has 0 radical (unpaired) electrons. The van der Waals surface area contributed by atoms with Crippen molar-refractivity contribution in [3.8, 4) is 17.6 Å². The van der Waals surface area contributed by atoms with Gasteiger partial charge in [-0.15, -0.1) is 0 Å². The van der Waals surface area contributed by atoms with Crippen LogP contribution in [0.25, 0.3) is 6.08 Å². The van der Waals surface area contributed by atoms with E-state index in [1.165, 1.54) is 6.08 Å². The van der Waals surface area contributed by atoms with E-state index >= 15 is 0 Å². The highest BCUT2D eigenvalue weighted by Crippen LogP contribution is 2.29. The number of carbonyl (C=O) groups is 1. The molecule has 0 atom stereocenters. The van der Waals surface area contributed by atoms with Gasteiger partial charge in [-0.05, 0) is 37.1 Å². The lowest BCUT2D eigenvalue weighted by Crippen LogP contribution is -2.01. The van der Waals surface area contributed by atoms with Crippen molar-refractivity contribution >= 4 is 12.0 Å². The summed E-state index contributed by atoms with van der Waals surface area (Å²) >= 11 is 0. The summed E-state index contributed by atoms with van der Waals surface area (Å²) in [6.07, 6.45) is 4.51. The van der Waals surface area contributed by atoms with Gasteiger partial charge in [-0.2, -0.15) is 5.26 Å². The summed E-state index contributed by atoms with van der Waals surface area (Å²) in [5.74, 6) is -0.0697. The summed E-state index contributed by atoms with van der Waals surface area (Å²) in [5.41, 5.74) is 0.266. The molecular formula is C17H21NO4. The highest BCUT2D eigenvalue weighted by Gasteiger charge is 2.09. The van der Waals surface area contributed by atoms with Crippen molar-refractivity contribution in [3.63, 3.8) is 0 Å². The smallest absolute Gasteiger partial charge is 0.346 e. The van der Waals surface area contributed by atoms with Crippen LogP contribution in [0, 0.1) is 11.3 Å². The summed E-state index contributed by atoms with van der Waals surface area (Å²) in [5, 5.41) is 17.7. The Balaban J connectivity index is 2.94. The number of benzene rings is 1. The first kappa shape index (κ1) is 17.6. The predicted molar refractivity (Wildman–Crippen MR) is 83.9 cm³/mol. The molecule has 5 heteroatoms. The molecule has 0 bridgehead atoms. The molecule has 0 aromatic heterocycles. The molecule has 0 amide bonds. The number of hydrogen-bond donors (Lipinski definition) is 1. The largest absolute Gasteiger partial charge is 0.490 e. The number of rotatable bonds is 9. The number of unbranched alkanes of at least 4 members (excludes halogenated alkanes) is 2. The third-order valence-corrected chi connectivity index (χ3v) is 2.93. The number of hydrogen-bond acceptors (Lipinski definition) is 4. The number of nitriles is 1. The lowest BCUT2D eigenvalue weighted by molar-refractivity contribution is -0.132.